The Kier molecular flexibility index (Phi) is 3.47. The number of nitrogens with one attached hydrogen (secondary N) is 1. The number of anilines is 1. The second kappa shape index (κ2) is 5.24. The SMILES string of the molecule is Ic1ccc(CNc2ccc3ncsc3c2)cc1. The number of halogens is 1. The smallest absolute Gasteiger partial charge is 0.0813 e. The lowest BCUT2D eigenvalue weighted by Gasteiger charge is -2.06. The van der Waals surface area contributed by atoms with Crippen LogP contribution in [0.15, 0.2) is 48.0 Å². The number of nitrogens with zero attached hydrogens (tertiary/aromatic N) is 1. The predicted molar refractivity (Wildman–Crippen MR) is 86.1 cm³/mol. The van der Waals surface area contributed by atoms with Gasteiger partial charge >= 0.3 is 0 Å². The molecule has 1 aromatic heterocycles. The fourth-order valence-corrected chi connectivity index (χ4v) is 2.85. The number of hydrogen-bond acceptors (Lipinski definition) is 3. The van der Waals surface area contributed by atoms with E-state index in [1.165, 1.54) is 13.8 Å². The number of benzene rings is 2. The average Bonchev–Trinajstić information content (AvgIpc) is 2.85. The summed E-state index contributed by atoms with van der Waals surface area (Å²) >= 11 is 3.99. The zero-order valence-electron chi connectivity index (χ0n) is 9.56. The standard InChI is InChI=1S/C14H11IN2S/c15-11-3-1-10(2-4-11)8-16-12-5-6-13-14(7-12)18-9-17-13/h1-7,9,16H,8H2. The average molecular weight is 366 g/mol. The van der Waals surface area contributed by atoms with Crippen LogP contribution in [0.2, 0.25) is 0 Å². The van der Waals surface area contributed by atoms with Gasteiger partial charge in [0, 0.05) is 15.8 Å². The van der Waals surface area contributed by atoms with E-state index in [9.17, 15) is 0 Å². The zero-order chi connectivity index (χ0) is 12.4. The summed E-state index contributed by atoms with van der Waals surface area (Å²) in [6.07, 6.45) is 0. The van der Waals surface area contributed by atoms with Crippen LogP contribution in [0, 0.1) is 3.57 Å². The van der Waals surface area contributed by atoms with Crippen LogP contribution in [0.3, 0.4) is 0 Å². The number of fused-ring (bicyclic) bond motifs is 1. The van der Waals surface area contributed by atoms with E-state index in [0.717, 1.165) is 17.7 Å². The summed E-state index contributed by atoms with van der Waals surface area (Å²) in [5.41, 5.74) is 5.39. The van der Waals surface area contributed by atoms with Crippen LogP contribution in [0.5, 0.6) is 0 Å². The first-order valence-corrected chi connectivity index (χ1v) is 7.59. The van der Waals surface area contributed by atoms with Crippen LogP contribution in [0.1, 0.15) is 5.56 Å². The molecule has 1 N–H and O–H groups in total. The number of aromatic nitrogens is 1. The van der Waals surface area contributed by atoms with Crippen molar-refractivity contribution in [3.63, 3.8) is 0 Å². The van der Waals surface area contributed by atoms with E-state index in [-0.39, 0.29) is 0 Å². The quantitative estimate of drug-likeness (QED) is 0.690. The molecule has 4 heteroatoms. The van der Waals surface area contributed by atoms with Crippen LogP contribution in [-0.2, 0) is 6.54 Å². The zero-order valence-corrected chi connectivity index (χ0v) is 12.5. The summed E-state index contributed by atoms with van der Waals surface area (Å²) in [6.45, 7) is 0.848. The molecule has 0 fully saturated rings. The highest BCUT2D eigenvalue weighted by Crippen LogP contribution is 2.22. The molecule has 18 heavy (non-hydrogen) atoms. The first-order chi connectivity index (χ1) is 8.81. The maximum Gasteiger partial charge on any atom is 0.0813 e. The van der Waals surface area contributed by atoms with Gasteiger partial charge in [0.15, 0.2) is 0 Å². The molecule has 0 spiro atoms. The molecule has 0 aliphatic heterocycles. The number of thiazole rings is 1. The third-order valence-electron chi connectivity index (χ3n) is 2.74. The molecule has 0 unspecified atom stereocenters. The summed E-state index contributed by atoms with van der Waals surface area (Å²) in [6, 6.07) is 14.9. The van der Waals surface area contributed by atoms with Crippen LogP contribution >= 0.6 is 33.9 Å². The second-order valence-corrected chi connectivity index (χ2v) is 6.15. The van der Waals surface area contributed by atoms with E-state index < -0.39 is 0 Å². The molecule has 0 saturated carbocycles. The third kappa shape index (κ3) is 2.64. The van der Waals surface area contributed by atoms with Crippen molar-refractivity contribution in [2.45, 2.75) is 6.54 Å². The maximum atomic E-state index is 4.28. The maximum absolute atomic E-state index is 4.28. The minimum atomic E-state index is 0.848. The van der Waals surface area contributed by atoms with Gasteiger partial charge in [-0.15, -0.1) is 11.3 Å². The summed E-state index contributed by atoms with van der Waals surface area (Å²) in [5, 5.41) is 3.44. The molecule has 0 amide bonds. The van der Waals surface area contributed by atoms with Gasteiger partial charge < -0.3 is 5.32 Å². The lowest BCUT2D eigenvalue weighted by molar-refractivity contribution is 1.15. The minimum absolute atomic E-state index is 0.848. The van der Waals surface area contributed by atoms with Crippen molar-refractivity contribution in [1.82, 2.24) is 4.98 Å². The topological polar surface area (TPSA) is 24.9 Å². The Balaban J connectivity index is 1.74. The van der Waals surface area contributed by atoms with Crippen LogP contribution in [-0.4, -0.2) is 4.98 Å². The molecule has 3 rings (SSSR count). The summed E-state index contributed by atoms with van der Waals surface area (Å²) in [7, 11) is 0. The van der Waals surface area contributed by atoms with Gasteiger partial charge in [-0.3, -0.25) is 0 Å². The molecular formula is C14H11IN2S. The van der Waals surface area contributed by atoms with Crippen molar-refractivity contribution < 1.29 is 0 Å². The predicted octanol–water partition coefficient (Wildman–Crippen LogP) is 4.51. The van der Waals surface area contributed by atoms with E-state index in [1.54, 1.807) is 11.3 Å². The van der Waals surface area contributed by atoms with Gasteiger partial charge in [0.05, 0.1) is 15.7 Å². The Bertz CT molecular complexity index is 661. The summed E-state index contributed by atoms with van der Waals surface area (Å²) in [4.78, 5) is 4.28. The molecule has 0 aliphatic carbocycles. The molecule has 0 atom stereocenters. The van der Waals surface area contributed by atoms with Crippen molar-refractivity contribution in [2.24, 2.45) is 0 Å². The van der Waals surface area contributed by atoms with Gasteiger partial charge in [-0.1, -0.05) is 12.1 Å². The van der Waals surface area contributed by atoms with E-state index in [0.29, 0.717) is 0 Å². The Morgan fingerprint density at radius 2 is 1.94 bits per heavy atom. The second-order valence-electron chi connectivity index (χ2n) is 4.01. The molecule has 0 bridgehead atoms. The molecule has 3 aromatic rings. The van der Waals surface area contributed by atoms with Crippen molar-refractivity contribution >= 4 is 49.8 Å². The number of hydrogen-bond donors (Lipinski definition) is 1. The van der Waals surface area contributed by atoms with Gasteiger partial charge in [-0.25, -0.2) is 4.98 Å². The minimum Gasteiger partial charge on any atom is -0.381 e. The van der Waals surface area contributed by atoms with Crippen LogP contribution in [0.4, 0.5) is 5.69 Å². The highest BCUT2D eigenvalue weighted by atomic mass is 127. The van der Waals surface area contributed by atoms with E-state index in [4.69, 9.17) is 0 Å². The van der Waals surface area contributed by atoms with Crippen molar-refractivity contribution in [2.75, 3.05) is 5.32 Å². The highest BCUT2D eigenvalue weighted by Gasteiger charge is 1.99. The van der Waals surface area contributed by atoms with E-state index in [1.807, 2.05) is 5.51 Å². The lowest BCUT2D eigenvalue weighted by atomic mass is 10.2. The van der Waals surface area contributed by atoms with Gasteiger partial charge in [0.2, 0.25) is 0 Å². The van der Waals surface area contributed by atoms with Gasteiger partial charge in [-0.05, 0) is 58.5 Å². The normalized spacial score (nSPS) is 10.7. The lowest BCUT2D eigenvalue weighted by Crippen LogP contribution is -1.98. The van der Waals surface area contributed by atoms with Crippen molar-refractivity contribution in [3.8, 4) is 0 Å². The Labute approximate surface area is 123 Å². The molecule has 2 nitrogen and oxygen atoms in total. The van der Waals surface area contributed by atoms with E-state index >= 15 is 0 Å². The number of rotatable bonds is 3. The first-order valence-electron chi connectivity index (χ1n) is 5.63. The molecule has 0 aliphatic rings. The Hall–Kier alpha value is -1.14. The molecule has 0 radical (unpaired) electrons. The van der Waals surface area contributed by atoms with Gasteiger partial charge in [-0.2, -0.15) is 0 Å². The fourth-order valence-electron chi connectivity index (χ4n) is 1.77. The van der Waals surface area contributed by atoms with Crippen molar-refractivity contribution in [3.05, 3.63) is 57.1 Å². The molecular weight excluding hydrogens is 355 g/mol. The monoisotopic (exact) mass is 366 g/mol. The molecule has 2 aromatic carbocycles. The molecule has 1 heterocycles. The summed E-state index contributed by atoms with van der Waals surface area (Å²) < 4.78 is 2.49. The third-order valence-corrected chi connectivity index (χ3v) is 4.25. The van der Waals surface area contributed by atoms with Crippen LogP contribution < -0.4 is 5.32 Å². The van der Waals surface area contributed by atoms with Crippen molar-refractivity contribution in [1.29, 1.82) is 0 Å². The molecule has 0 saturated heterocycles. The molecule has 90 valence electrons. The van der Waals surface area contributed by atoms with E-state index in [2.05, 4.69) is 75.4 Å². The Morgan fingerprint density at radius 1 is 1.11 bits per heavy atom. The first kappa shape index (κ1) is 11.9. The summed E-state index contributed by atoms with van der Waals surface area (Å²) in [5.74, 6) is 0. The van der Waals surface area contributed by atoms with Gasteiger partial charge in [0.25, 0.3) is 0 Å². The Morgan fingerprint density at radius 3 is 2.78 bits per heavy atom. The fraction of sp³-hybridized carbons (Fsp3) is 0.0714. The highest BCUT2D eigenvalue weighted by molar-refractivity contribution is 14.1. The van der Waals surface area contributed by atoms with Crippen LogP contribution in [0.25, 0.3) is 10.2 Å². The van der Waals surface area contributed by atoms with Gasteiger partial charge in [0.1, 0.15) is 0 Å². The largest absolute Gasteiger partial charge is 0.381 e.